The number of amides is 2. The van der Waals surface area contributed by atoms with Crippen LogP contribution in [0.5, 0.6) is 0 Å². The van der Waals surface area contributed by atoms with Crippen molar-refractivity contribution in [2.45, 2.75) is 53.5 Å². The van der Waals surface area contributed by atoms with Crippen LogP contribution in [-0.2, 0) is 9.59 Å². The van der Waals surface area contributed by atoms with E-state index < -0.39 is 5.41 Å². The second kappa shape index (κ2) is 11.5. The predicted octanol–water partition coefficient (Wildman–Crippen LogP) is 1.33. The van der Waals surface area contributed by atoms with Gasteiger partial charge >= 0.3 is 0 Å². The molecule has 0 bridgehead atoms. The third-order valence-electron chi connectivity index (χ3n) is 4.11. The Bertz CT molecular complexity index is 468. The van der Waals surface area contributed by atoms with E-state index in [1.165, 1.54) is 0 Å². The zero-order valence-corrected chi connectivity index (χ0v) is 18.5. The van der Waals surface area contributed by atoms with Crippen LogP contribution < -0.4 is 16.0 Å². The minimum atomic E-state index is -0.557. The fourth-order valence-corrected chi connectivity index (χ4v) is 2.59. The van der Waals surface area contributed by atoms with Crippen molar-refractivity contribution in [3.8, 4) is 0 Å². The molecule has 1 unspecified atom stereocenters. The molecule has 1 aliphatic rings. The zero-order valence-electron chi connectivity index (χ0n) is 16.1. The lowest BCUT2D eigenvalue weighted by Crippen LogP contribution is -2.46. The van der Waals surface area contributed by atoms with Gasteiger partial charge < -0.3 is 20.9 Å². The number of likely N-dealkylation sites (tertiary alicyclic amines) is 1. The Morgan fingerprint density at radius 1 is 1.16 bits per heavy atom. The molecule has 0 aliphatic carbocycles. The van der Waals surface area contributed by atoms with Crippen molar-refractivity contribution in [1.29, 1.82) is 0 Å². The van der Waals surface area contributed by atoms with E-state index in [0.717, 1.165) is 19.5 Å². The Morgan fingerprint density at radius 3 is 2.36 bits per heavy atom. The topological polar surface area (TPSA) is 85.8 Å². The molecular weight excluding hydrogens is 433 g/mol. The molecule has 3 N–H and O–H groups in total. The Morgan fingerprint density at radius 2 is 1.80 bits per heavy atom. The van der Waals surface area contributed by atoms with Gasteiger partial charge in [0.25, 0.3) is 0 Å². The lowest BCUT2D eigenvalue weighted by atomic mass is 9.92. The lowest BCUT2D eigenvalue weighted by Gasteiger charge is -2.23. The van der Waals surface area contributed by atoms with E-state index in [2.05, 4.69) is 20.9 Å². The Hall–Kier alpha value is -1.06. The smallest absolute Gasteiger partial charge is 0.227 e. The molecule has 1 fully saturated rings. The van der Waals surface area contributed by atoms with Crippen LogP contribution in [0.2, 0.25) is 0 Å². The van der Waals surface area contributed by atoms with E-state index in [9.17, 15) is 9.59 Å². The first-order valence-corrected chi connectivity index (χ1v) is 8.94. The maximum Gasteiger partial charge on any atom is 0.227 e. The van der Waals surface area contributed by atoms with Crippen molar-refractivity contribution in [2.24, 2.45) is 10.4 Å². The maximum absolute atomic E-state index is 12.1. The Kier molecular flexibility index (Phi) is 11.0. The van der Waals surface area contributed by atoms with Crippen LogP contribution in [0.15, 0.2) is 4.99 Å². The molecule has 7 nitrogen and oxygen atoms in total. The van der Waals surface area contributed by atoms with Crippen LogP contribution in [0, 0.1) is 5.41 Å². The van der Waals surface area contributed by atoms with E-state index in [0.29, 0.717) is 32.0 Å². The molecule has 25 heavy (non-hydrogen) atoms. The van der Waals surface area contributed by atoms with Gasteiger partial charge in [0.15, 0.2) is 5.96 Å². The molecule has 0 aromatic rings. The van der Waals surface area contributed by atoms with Gasteiger partial charge in [-0.3, -0.25) is 14.6 Å². The molecule has 0 spiro atoms. The van der Waals surface area contributed by atoms with Gasteiger partial charge in [-0.05, 0) is 34.1 Å². The van der Waals surface area contributed by atoms with Gasteiger partial charge in [-0.2, -0.15) is 0 Å². The highest BCUT2D eigenvalue weighted by Gasteiger charge is 2.28. The van der Waals surface area contributed by atoms with Crippen molar-refractivity contribution < 1.29 is 9.59 Å². The van der Waals surface area contributed by atoms with Crippen LogP contribution in [-0.4, -0.2) is 61.4 Å². The molecule has 0 saturated carbocycles. The second-order valence-corrected chi connectivity index (χ2v) is 6.76. The zero-order chi connectivity index (χ0) is 18.2. The molecule has 0 radical (unpaired) electrons. The van der Waals surface area contributed by atoms with E-state index in [1.807, 2.05) is 39.5 Å². The number of hydrogen-bond donors (Lipinski definition) is 3. The number of rotatable bonds is 7. The molecule has 1 rings (SSSR count). The summed E-state index contributed by atoms with van der Waals surface area (Å²) in [5, 5.41) is 9.44. The van der Waals surface area contributed by atoms with Crippen molar-refractivity contribution in [2.75, 3.05) is 32.7 Å². The summed E-state index contributed by atoms with van der Waals surface area (Å²) in [7, 11) is 0. The molecule has 2 amide bonds. The van der Waals surface area contributed by atoms with Gasteiger partial charge in [0.2, 0.25) is 11.8 Å². The van der Waals surface area contributed by atoms with Gasteiger partial charge in [-0.1, -0.05) is 6.92 Å². The fourth-order valence-electron chi connectivity index (χ4n) is 2.59. The maximum atomic E-state index is 12.1. The number of nitrogens with zero attached hydrogens (tertiary/aromatic N) is 2. The number of halogens is 1. The molecule has 146 valence electrons. The summed E-state index contributed by atoms with van der Waals surface area (Å²) < 4.78 is 0. The van der Waals surface area contributed by atoms with E-state index in [4.69, 9.17) is 0 Å². The molecular formula is C17H34IN5O2. The standard InChI is InChI=1S/C17H33N5O2.HI/c1-6-14(23)22-10-9-13(11-22)21-16(19-8-3)20-12-17(4,5)15(24)18-7-2;/h13H,6-12H2,1-5H3,(H,18,24)(H2,19,20,21);1H. The number of carbonyl (C=O) groups excluding carboxylic acids is 2. The summed E-state index contributed by atoms with van der Waals surface area (Å²) in [6, 6.07) is 0.200. The van der Waals surface area contributed by atoms with Crippen LogP contribution in [0.3, 0.4) is 0 Å². The molecule has 1 heterocycles. The molecule has 0 aromatic carbocycles. The summed E-state index contributed by atoms with van der Waals surface area (Å²) in [5.74, 6) is 0.898. The highest BCUT2D eigenvalue weighted by Crippen LogP contribution is 2.16. The van der Waals surface area contributed by atoms with Crippen molar-refractivity contribution in [3.05, 3.63) is 0 Å². The Balaban J connectivity index is 0.00000576. The van der Waals surface area contributed by atoms with E-state index in [-0.39, 0.29) is 41.8 Å². The molecule has 1 aliphatic heterocycles. The van der Waals surface area contributed by atoms with Gasteiger partial charge in [0, 0.05) is 38.6 Å². The third-order valence-corrected chi connectivity index (χ3v) is 4.11. The minimum Gasteiger partial charge on any atom is -0.357 e. The normalized spacial score (nSPS) is 17.7. The average molecular weight is 467 g/mol. The molecule has 1 atom stereocenters. The average Bonchev–Trinajstić information content (AvgIpc) is 3.01. The summed E-state index contributed by atoms with van der Waals surface area (Å²) in [5.41, 5.74) is -0.557. The van der Waals surface area contributed by atoms with Crippen LogP contribution in [0.25, 0.3) is 0 Å². The number of nitrogens with one attached hydrogen (secondary N) is 3. The van der Waals surface area contributed by atoms with Crippen molar-refractivity contribution in [1.82, 2.24) is 20.9 Å². The van der Waals surface area contributed by atoms with Crippen molar-refractivity contribution >= 4 is 41.8 Å². The number of carbonyl (C=O) groups is 2. The fraction of sp³-hybridized carbons (Fsp3) is 0.824. The third kappa shape index (κ3) is 7.79. The van der Waals surface area contributed by atoms with Crippen LogP contribution in [0.1, 0.15) is 47.5 Å². The lowest BCUT2D eigenvalue weighted by molar-refractivity contribution is -0.130. The Labute approximate surface area is 168 Å². The first kappa shape index (κ1) is 23.9. The molecule has 8 heteroatoms. The first-order chi connectivity index (χ1) is 11.3. The second-order valence-electron chi connectivity index (χ2n) is 6.76. The van der Waals surface area contributed by atoms with Gasteiger partial charge in [-0.25, -0.2) is 0 Å². The largest absolute Gasteiger partial charge is 0.357 e. The number of guanidine groups is 1. The SMILES string of the molecule is CCNC(=O)C(C)(C)CN=C(NCC)NC1CCN(C(=O)CC)C1.I. The van der Waals surface area contributed by atoms with Gasteiger partial charge in [0.05, 0.1) is 12.0 Å². The highest BCUT2D eigenvalue weighted by molar-refractivity contribution is 14.0. The minimum absolute atomic E-state index is 0. The van der Waals surface area contributed by atoms with Crippen LogP contribution in [0.4, 0.5) is 0 Å². The van der Waals surface area contributed by atoms with E-state index >= 15 is 0 Å². The molecule has 1 saturated heterocycles. The van der Waals surface area contributed by atoms with Gasteiger partial charge in [0.1, 0.15) is 0 Å². The quantitative estimate of drug-likeness (QED) is 0.300. The molecule has 0 aromatic heterocycles. The summed E-state index contributed by atoms with van der Waals surface area (Å²) >= 11 is 0. The predicted molar refractivity (Wildman–Crippen MR) is 112 cm³/mol. The summed E-state index contributed by atoms with van der Waals surface area (Å²) in [6.07, 6.45) is 1.46. The summed E-state index contributed by atoms with van der Waals surface area (Å²) in [6.45, 7) is 12.8. The number of aliphatic imine (C=N–C) groups is 1. The van der Waals surface area contributed by atoms with E-state index in [1.54, 1.807) is 0 Å². The first-order valence-electron chi connectivity index (χ1n) is 8.94. The van der Waals surface area contributed by atoms with Crippen LogP contribution >= 0.6 is 24.0 Å². The monoisotopic (exact) mass is 467 g/mol. The van der Waals surface area contributed by atoms with Gasteiger partial charge in [-0.15, -0.1) is 24.0 Å². The highest BCUT2D eigenvalue weighted by atomic mass is 127. The summed E-state index contributed by atoms with van der Waals surface area (Å²) in [4.78, 5) is 30.3. The number of hydrogen-bond acceptors (Lipinski definition) is 3. The van der Waals surface area contributed by atoms with Crippen molar-refractivity contribution in [3.63, 3.8) is 0 Å².